The lowest BCUT2D eigenvalue weighted by Gasteiger charge is -2.65. The zero-order valence-corrected chi connectivity index (χ0v) is 20.0. The van der Waals surface area contributed by atoms with E-state index in [1.165, 1.54) is 7.11 Å². The van der Waals surface area contributed by atoms with Gasteiger partial charge in [-0.1, -0.05) is 6.92 Å². The Labute approximate surface area is 193 Å². The molecule has 1 aromatic carbocycles. The van der Waals surface area contributed by atoms with Crippen molar-refractivity contribution in [2.75, 3.05) is 7.11 Å². The molecule has 0 bridgehead atoms. The molecule has 2 N–H and O–H groups in total. The van der Waals surface area contributed by atoms with E-state index < -0.39 is 40.3 Å². The summed E-state index contributed by atoms with van der Waals surface area (Å²) < 4.78 is 23.3. The minimum absolute atomic E-state index is 0.126. The highest BCUT2D eigenvalue weighted by Crippen LogP contribution is 2.64. The summed E-state index contributed by atoms with van der Waals surface area (Å²) in [6.07, 6.45) is -0.102. The second-order valence-corrected chi connectivity index (χ2v) is 11.0. The number of hydrogen-bond donors (Lipinski definition) is 2. The van der Waals surface area contributed by atoms with Gasteiger partial charge in [0.1, 0.15) is 40.5 Å². The van der Waals surface area contributed by atoms with Gasteiger partial charge < -0.3 is 29.2 Å². The molecule has 0 aromatic heterocycles. The van der Waals surface area contributed by atoms with E-state index in [1.54, 1.807) is 13.8 Å². The van der Waals surface area contributed by atoms with E-state index in [9.17, 15) is 19.8 Å². The lowest BCUT2D eigenvalue weighted by molar-refractivity contribution is -0.302. The molecule has 8 heteroatoms. The minimum atomic E-state index is -1.70. The Balaban J connectivity index is 1.73. The molecule has 3 aliphatic heterocycles. The van der Waals surface area contributed by atoms with Crippen LogP contribution < -0.4 is 9.47 Å². The third kappa shape index (κ3) is 2.59. The van der Waals surface area contributed by atoms with Gasteiger partial charge in [0.05, 0.1) is 13.2 Å². The molecule has 33 heavy (non-hydrogen) atoms. The molecule has 5 rings (SSSR count). The molecular weight excluding hydrogens is 428 g/mol. The van der Waals surface area contributed by atoms with Gasteiger partial charge in [0, 0.05) is 35.3 Å². The van der Waals surface area contributed by atoms with Gasteiger partial charge in [-0.25, -0.2) is 4.79 Å². The van der Waals surface area contributed by atoms with Gasteiger partial charge in [-0.05, 0) is 46.1 Å². The fraction of sp³-hybridized carbons (Fsp3) is 0.680. The van der Waals surface area contributed by atoms with Gasteiger partial charge in [-0.3, -0.25) is 4.79 Å². The van der Waals surface area contributed by atoms with E-state index in [-0.39, 0.29) is 25.4 Å². The summed E-state index contributed by atoms with van der Waals surface area (Å²) in [5, 5.41) is 23.5. The number of aliphatic hydroxyl groups is 2. The molecule has 0 amide bonds. The molecule has 0 radical (unpaired) electrons. The van der Waals surface area contributed by atoms with Crippen LogP contribution in [0.3, 0.4) is 0 Å². The van der Waals surface area contributed by atoms with Crippen LogP contribution in [0.4, 0.5) is 0 Å². The lowest BCUT2D eigenvalue weighted by atomic mass is 9.46. The number of esters is 2. The number of cyclic esters (lactones) is 2. The summed E-state index contributed by atoms with van der Waals surface area (Å²) in [4.78, 5) is 25.0. The number of ether oxygens (including phenoxy) is 4. The van der Waals surface area contributed by atoms with Gasteiger partial charge in [0.15, 0.2) is 0 Å². The van der Waals surface area contributed by atoms with Crippen molar-refractivity contribution in [1.29, 1.82) is 0 Å². The zero-order valence-electron chi connectivity index (χ0n) is 20.0. The van der Waals surface area contributed by atoms with Crippen LogP contribution in [0.2, 0.25) is 0 Å². The van der Waals surface area contributed by atoms with Crippen molar-refractivity contribution in [2.24, 2.45) is 11.3 Å². The standard InChI is InChI=1S/C25H32O8/c1-12-14-11-31-21(28)18(14)20(30-6)13-9-15-23(4)8-7-17(27)32-22(2,3)25(23,29)16(26)10-24(15,5)33-19(12)13/h15-16,26,29H,7-11H2,1-6H3/t15-,16+,23+,24+,25-/m0/s1. The normalized spacial score (nSPS) is 38.5. The summed E-state index contributed by atoms with van der Waals surface area (Å²) >= 11 is 0. The van der Waals surface area contributed by atoms with Crippen LogP contribution in [0.25, 0.3) is 0 Å². The number of methoxy groups -OCH3 is 1. The highest BCUT2D eigenvalue weighted by molar-refractivity contribution is 5.98. The first-order valence-corrected chi connectivity index (χ1v) is 11.5. The van der Waals surface area contributed by atoms with Gasteiger partial charge in [0.25, 0.3) is 0 Å². The van der Waals surface area contributed by atoms with Crippen LogP contribution in [0.5, 0.6) is 11.5 Å². The van der Waals surface area contributed by atoms with Crippen molar-refractivity contribution < 1.29 is 38.7 Å². The largest absolute Gasteiger partial charge is 0.495 e. The summed E-state index contributed by atoms with van der Waals surface area (Å²) in [5.74, 6) is -0.0253. The van der Waals surface area contributed by atoms with Gasteiger partial charge in [-0.2, -0.15) is 0 Å². The quantitative estimate of drug-likeness (QED) is 0.615. The number of fused-ring (bicyclic) bond motifs is 5. The number of hydrogen-bond acceptors (Lipinski definition) is 8. The first-order valence-electron chi connectivity index (χ1n) is 11.5. The summed E-state index contributed by atoms with van der Waals surface area (Å²) in [6.45, 7) is 9.26. The molecule has 0 unspecified atom stereocenters. The van der Waals surface area contributed by atoms with E-state index in [0.717, 1.165) is 16.7 Å². The second-order valence-electron chi connectivity index (χ2n) is 11.0. The van der Waals surface area contributed by atoms with Gasteiger partial charge in [-0.15, -0.1) is 0 Å². The molecule has 1 aliphatic carbocycles. The highest BCUT2D eigenvalue weighted by atomic mass is 16.6. The van der Waals surface area contributed by atoms with Crippen LogP contribution in [0.15, 0.2) is 0 Å². The van der Waals surface area contributed by atoms with Crippen LogP contribution in [0, 0.1) is 18.3 Å². The summed E-state index contributed by atoms with van der Waals surface area (Å²) in [6, 6.07) is 0. The highest BCUT2D eigenvalue weighted by Gasteiger charge is 2.73. The van der Waals surface area contributed by atoms with Crippen molar-refractivity contribution in [1.82, 2.24) is 0 Å². The average molecular weight is 461 g/mol. The summed E-state index contributed by atoms with van der Waals surface area (Å²) in [7, 11) is 1.52. The Morgan fingerprint density at radius 3 is 2.45 bits per heavy atom. The molecule has 1 aromatic rings. The molecule has 1 saturated heterocycles. The van der Waals surface area contributed by atoms with Crippen LogP contribution in [-0.4, -0.2) is 52.2 Å². The van der Waals surface area contributed by atoms with Crippen LogP contribution in [0.1, 0.15) is 74.0 Å². The number of benzene rings is 1. The second kappa shape index (κ2) is 6.63. The SMILES string of the molecule is COc1c2c(c(C)c3c1C(=O)OC3)O[C@]1(C)C[C@@H](O)[C@]3(O)C(C)(C)OC(=O)CC[C@]3(C)[C@@H]1C2. The Bertz CT molecular complexity index is 1080. The van der Waals surface area contributed by atoms with Crippen molar-refractivity contribution in [3.63, 3.8) is 0 Å². The minimum Gasteiger partial charge on any atom is -0.495 e. The molecular formula is C25H32O8. The fourth-order valence-corrected chi connectivity index (χ4v) is 7.31. The fourth-order valence-electron chi connectivity index (χ4n) is 7.31. The molecule has 4 aliphatic rings. The molecule has 180 valence electrons. The monoisotopic (exact) mass is 460 g/mol. The van der Waals surface area contributed by atoms with E-state index >= 15 is 0 Å². The molecule has 8 nitrogen and oxygen atoms in total. The predicted octanol–water partition coefficient (Wildman–Crippen LogP) is 2.60. The van der Waals surface area contributed by atoms with Crippen molar-refractivity contribution in [3.8, 4) is 11.5 Å². The number of rotatable bonds is 1. The number of aliphatic hydroxyl groups excluding tert-OH is 1. The van der Waals surface area contributed by atoms with E-state index in [1.807, 2.05) is 20.8 Å². The maximum absolute atomic E-state index is 12.5. The number of carbonyl (C=O) groups is 2. The molecule has 2 fully saturated rings. The molecule has 3 heterocycles. The maximum Gasteiger partial charge on any atom is 0.342 e. The molecule has 5 atom stereocenters. The Morgan fingerprint density at radius 2 is 1.79 bits per heavy atom. The third-order valence-corrected chi connectivity index (χ3v) is 8.96. The van der Waals surface area contributed by atoms with E-state index in [0.29, 0.717) is 29.9 Å². The van der Waals surface area contributed by atoms with E-state index in [4.69, 9.17) is 18.9 Å². The van der Waals surface area contributed by atoms with Crippen molar-refractivity contribution >= 4 is 11.9 Å². The first kappa shape index (κ1) is 22.5. The smallest absolute Gasteiger partial charge is 0.342 e. The molecule has 0 spiro atoms. The van der Waals surface area contributed by atoms with Crippen molar-refractivity contribution in [3.05, 3.63) is 22.3 Å². The van der Waals surface area contributed by atoms with E-state index in [2.05, 4.69) is 0 Å². The average Bonchev–Trinajstić information content (AvgIpc) is 3.09. The Hall–Kier alpha value is -2.32. The first-order chi connectivity index (χ1) is 15.3. The van der Waals surface area contributed by atoms with Crippen molar-refractivity contribution in [2.45, 2.75) is 89.8 Å². The van der Waals surface area contributed by atoms with Crippen LogP contribution in [-0.2, 0) is 27.3 Å². The lowest BCUT2D eigenvalue weighted by Crippen LogP contribution is -2.76. The molecule has 1 saturated carbocycles. The van der Waals surface area contributed by atoms with Gasteiger partial charge in [0.2, 0.25) is 0 Å². The van der Waals surface area contributed by atoms with Crippen LogP contribution >= 0.6 is 0 Å². The third-order valence-electron chi connectivity index (χ3n) is 8.96. The maximum atomic E-state index is 12.5. The van der Waals surface area contributed by atoms with Gasteiger partial charge >= 0.3 is 11.9 Å². The number of carbonyl (C=O) groups excluding carboxylic acids is 2. The Kier molecular flexibility index (Phi) is 4.51. The summed E-state index contributed by atoms with van der Waals surface area (Å²) in [5.41, 5.74) is -1.98. The predicted molar refractivity (Wildman–Crippen MR) is 116 cm³/mol. The topological polar surface area (TPSA) is 112 Å². The Morgan fingerprint density at radius 1 is 1.09 bits per heavy atom. The zero-order chi connectivity index (χ0) is 24.1.